The SMILES string of the molecule is CCCCOc1ccc(NC(=O)C2(OCC)CCCCC2)c2cccnc12. The Morgan fingerprint density at radius 2 is 2.00 bits per heavy atom. The summed E-state index contributed by atoms with van der Waals surface area (Å²) in [6, 6.07) is 7.66. The monoisotopic (exact) mass is 370 g/mol. The van der Waals surface area contributed by atoms with Crippen molar-refractivity contribution in [2.45, 2.75) is 64.4 Å². The van der Waals surface area contributed by atoms with Gasteiger partial charge in [0.1, 0.15) is 16.9 Å². The Hall–Kier alpha value is -2.14. The van der Waals surface area contributed by atoms with Gasteiger partial charge in [-0.2, -0.15) is 0 Å². The maximum absolute atomic E-state index is 13.1. The summed E-state index contributed by atoms with van der Waals surface area (Å²) in [7, 11) is 0. The number of hydrogen-bond donors (Lipinski definition) is 1. The second-order valence-corrected chi connectivity index (χ2v) is 7.15. The number of nitrogens with zero attached hydrogens (tertiary/aromatic N) is 1. The molecule has 0 bridgehead atoms. The van der Waals surface area contributed by atoms with Gasteiger partial charge in [-0.05, 0) is 50.5 Å². The zero-order valence-electron chi connectivity index (χ0n) is 16.4. The highest BCUT2D eigenvalue weighted by Gasteiger charge is 2.40. The van der Waals surface area contributed by atoms with Crippen LogP contribution in [0.25, 0.3) is 10.9 Å². The number of hydrogen-bond acceptors (Lipinski definition) is 4. The molecule has 1 amide bonds. The van der Waals surface area contributed by atoms with E-state index >= 15 is 0 Å². The number of ether oxygens (including phenoxy) is 2. The molecule has 1 N–H and O–H groups in total. The maximum Gasteiger partial charge on any atom is 0.256 e. The molecule has 1 aliphatic carbocycles. The second-order valence-electron chi connectivity index (χ2n) is 7.15. The summed E-state index contributed by atoms with van der Waals surface area (Å²) in [6.07, 6.45) is 8.62. The number of carbonyl (C=O) groups excluding carboxylic acids is 1. The minimum atomic E-state index is -0.710. The third-order valence-electron chi connectivity index (χ3n) is 5.23. The number of aromatic nitrogens is 1. The van der Waals surface area contributed by atoms with Gasteiger partial charge in [0.15, 0.2) is 0 Å². The topological polar surface area (TPSA) is 60.5 Å². The van der Waals surface area contributed by atoms with Crippen LogP contribution in [0.4, 0.5) is 5.69 Å². The van der Waals surface area contributed by atoms with Crippen LogP contribution in [0.1, 0.15) is 58.8 Å². The van der Waals surface area contributed by atoms with Crippen LogP contribution in [0.2, 0.25) is 0 Å². The molecule has 1 fully saturated rings. The first-order chi connectivity index (χ1) is 13.2. The lowest BCUT2D eigenvalue weighted by Crippen LogP contribution is -2.47. The molecule has 0 spiro atoms. The number of nitrogens with one attached hydrogen (secondary N) is 1. The van der Waals surface area contributed by atoms with Crippen LogP contribution >= 0.6 is 0 Å². The Morgan fingerprint density at radius 1 is 1.19 bits per heavy atom. The van der Waals surface area contributed by atoms with E-state index in [0.717, 1.165) is 60.9 Å². The fourth-order valence-corrected chi connectivity index (χ4v) is 3.77. The van der Waals surface area contributed by atoms with E-state index in [0.29, 0.717) is 13.2 Å². The van der Waals surface area contributed by atoms with Gasteiger partial charge in [-0.1, -0.05) is 32.6 Å². The van der Waals surface area contributed by atoms with E-state index in [1.54, 1.807) is 6.20 Å². The van der Waals surface area contributed by atoms with Gasteiger partial charge in [0.05, 0.1) is 12.3 Å². The Bertz CT molecular complexity index is 764. The fourth-order valence-electron chi connectivity index (χ4n) is 3.77. The first-order valence-electron chi connectivity index (χ1n) is 10.2. The molecule has 1 heterocycles. The van der Waals surface area contributed by atoms with Crippen molar-refractivity contribution < 1.29 is 14.3 Å². The molecule has 1 aromatic heterocycles. The second kappa shape index (κ2) is 9.18. The van der Waals surface area contributed by atoms with Gasteiger partial charge in [-0.3, -0.25) is 9.78 Å². The van der Waals surface area contributed by atoms with Gasteiger partial charge in [0, 0.05) is 18.2 Å². The number of benzene rings is 1. The van der Waals surface area contributed by atoms with Crippen molar-refractivity contribution in [1.82, 2.24) is 4.98 Å². The molecule has 0 saturated heterocycles. The summed E-state index contributed by atoms with van der Waals surface area (Å²) in [4.78, 5) is 17.6. The zero-order chi connectivity index (χ0) is 19.1. The summed E-state index contributed by atoms with van der Waals surface area (Å²) in [5, 5.41) is 4.01. The number of rotatable bonds is 8. The van der Waals surface area contributed by atoms with Crippen molar-refractivity contribution in [3.05, 3.63) is 30.5 Å². The third kappa shape index (κ3) is 4.41. The quantitative estimate of drug-likeness (QED) is 0.657. The average Bonchev–Trinajstić information content (AvgIpc) is 2.70. The molecule has 0 unspecified atom stereocenters. The highest BCUT2D eigenvalue weighted by molar-refractivity contribution is 6.05. The van der Waals surface area contributed by atoms with Crippen molar-refractivity contribution in [2.75, 3.05) is 18.5 Å². The Labute approximate surface area is 161 Å². The normalized spacial score (nSPS) is 16.2. The van der Waals surface area contributed by atoms with Crippen molar-refractivity contribution >= 4 is 22.5 Å². The van der Waals surface area contributed by atoms with E-state index in [1.807, 2.05) is 31.2 Å². The molecule has 3 rings (SSSR count). The van der Waals surface area contributed by atoms with E-state index in [4.69, 9.17) is 9.47 Å². The molecule has 5 heteroatoms. The largest absolute Gasteiger partial charge is 0.491 e. The predicted octanol–water partition coefficient (Wildman–Crippen LogP) is 5.09. The number of anilines is 1. The lowest BCUT2D eigenvalue weighted by molar-refractivity contribution is -0.145. The summed E-state index contributed by atoms with van der Waals surface area (Å²) < 4.78 is 11.8. The highest BCUT2D eigenvalue weighted by atomic mass is 16.5. The van der Waals surface area contributed by atoms with Crippen molar-refractivity contribution in [3.8, 4) is 5.75 Å². The Kier molecular flexibility index (Phi) is 6.67. The van der Waals surface area contributed by atoms with Gasteiger partial charge in [-0.25, -0.2) is 0 Å². The number of carbonyl (C=O) groups is 1. The van der Waals surface area contributed by atoms with E-state index in [9.17, 15) is 4.79 Å². The van der Waals surface area contributed by atoms with Crippen LogP contribution in [-0.2, 0) is 9.53 Å². The maximum atomic E-state index is 13.1. The third-order valence-corrected chi connectivity index (χ3v) is 5.23. The van der Waals surface area contributed by atoms with Crippen molar-refractivity contribution in [2.24, 2.45) is 0 Å². The molecule has 1 aromatic carbocycles. The van der Waals surface area contributed by atoms with E-state index in [2.05, 4.69) is 17.2 Å². The average molecular weight is 370 g/mol. The molecule has 0 radical (unpaired) electrons. The number of fused-ring (bicyclic) bond motifs is 1. The zero-order valence-corrected chi connectivity index (χ0v) is 16.4. The fraction of sp³-hybridized carbons (Fsp3) is 0.545. The first kappa shape index (κ1) is 19.6. The van der Waals surface area contributed by atoms with Crippen molar-refractivity contribution in [3.63, 3.8) is 0 Å². The van der Waals surface area contributed by atoms with Crippen LogP contribution < -0.4 is 10.1 Å². The van der Waals surface area contributed by atoms with Crippen molar-refractivity contribution in [1.29, 1.82) is 0 Å². The smallest absolute Gasteiger partial charge is 0.256 e. The molecule has 1 aliphatic rings. The van der Waals surface area contributed by atoms with Gasteiger partial charge in [-0.15, -0.1) is 0 Å². The molecule has 146 valence electrons. The standard InChI is InChI=1S/C22H30N2O3/c1-3-5-16-26-19-12-11-18(17-10-9-15-23-20(17)19)24-21(25)22(27-4-2)13-7-6-8-14-22/h9-12,15H,3-8,13-14,16H2,1-2H3,(H,24,25). The van der Waals surface area contributed by atoms with Crippen LogP contribution in [0, 0.1) is 0 Å². The Morgan fingerprint density at radius 3 is 2.74 bits per heavy atom. The molecule has 2 aromatic rings. The molecular formula is C22H30N2O3. The molecular weight excluding hydrogens is 340 g/mol. The summed E-state index contributed by atoms with van der Waals surface area (Å²) in [5.41, 5.74) is 0.828. The van der Waals surface area contributed by atoms with Gasteiger partial charge < -0.3 is 14.8 Å². The number of amides is 1. The molecule has 5 nitrogen and oxygen atoms in total. The number of unbranched alkanes of at least 4 members (excludes halogenated alkanes) is 1. The summed E-state index contributed by atoms with van der Waals surface area (Å²) in [6.45, 7) is 5.30. The van der Waals surface area contributed by atoms with Crippen LogP contribution in [0.3, 0.4) is 0 Å². The summed E-state index contributed by atoms with van der Waals surface area (Å²) in [5.74, 6) is 0.711. The van der Waals surface area contributed by atoms with E-state index < -0.39 is 5.60 Å². The molecule has 0 atom stereocenters. The first-order valence-corrected chi connectivity index (χ1v) is 10.2. The lowest BCUT2D eigenvalue weighted by Gasteiger charge is -2.35. The molecule has 27 heavy (non-hydrogen) atoms. The van der Waals surface area contributed by atoms with Crippen LogP contribution in [0.5, 0.6) is 5.75 Å². The van der Waals surface area contributed by atoms with E-state index in [-0.39, 0.29) is 5.91 Å². The predicted molar refractivity (Wildman–Crippen MR) is 108 cm³/mol. The van der Waals surface area contributed by atoms with E-state index in [1.165, 1.54) is 6.42 Å². The Balaban J connectivity index is 1.86. The van der Waals surface area contributed by atoms with Crippen LogP contribution in [0.15, 0.2) is 30.5 Å². The highest BCUT2D eigenvalue weighted by Crippen LogP contribution is 2.35. The summed E-state index contributed by atoms with van der Waals surface area (Å²) >= 11 is 0. The minimum absolute atomic E-state index is 0.0474. The van der Waals surface area contributed by atoms with Gasteiger partial charge in [0.2, 0.25) is 0 Å². The lowest BCUT2D eigenvalue weighted by atomic mass is 9.83. The number of pyridine rings is 1. The molecule has 1 saturated carbocycles. The van der Waals surface area contributed by atoms with Crippen LogP contribution in [-0.4, -0.2) is 29.7 Å². The minimum Gasteiger partial charge on any atom is -0.491 e. The van der Waals surface area contributed by atoms with Gasteiger partial charge >= 0.3 is 0 Å². The van der Waals surface area contributed by atoms with Gasteiger partial charge in [0.25, 0.3) is 5.91 Å². The molecule has 0 aliphatic heterocycles.